The molecule has 3 unspecified atom stereocenters. The number of nitrogens with one attached hydrogen (secondary N) is 1. The second-order valence-corrected chi connectivity index (χ2v) is 16.8. The molecule has 0 spiro atoms. The Bertz CT molecular complexity index is 2240. The van der Waals surface area contributed by atoms with E-state index < -0.39 is 0 Å². The number of likely N-dealkylation sites (tertiary alicyclic amines) is 2. The number of aromatic hydroxyl groups is 1. The highest BCUT2D eigenvalue weighted by molar-refractivity contribution is 7.18. The summed E-state index contributed by atoms with van der Waals surface area (Å²) in [4.78, 5) is 10.3. The van der Waals surface area contributed by atoms with Crippen molar-refractivity contribution in [3.8, 4) is 22.6 Å². The number of hydrogen-bond acceptors (Lipinski definition) is 10. The van der Waals surface area contributed by atoms with Gasteiger partial charge in [0.25, 0.3) is 0 Å². The Labute approximate surface area is 340 Å². The van der Waals surface area contributed by atoms with Crippen molar-refractivity contribution >= 4 is 32.9 Å². The van der Waals surface area contributed by atoms with Gasteiger partial charge in [-0.3, -0.25) is 5.01 Å². The molecule has 0 radical (unpaired) electrons. The summed E-state index contributed by atoms with van der Waals surface area (Å²) in [7, 11) is 6.11. The predicted octanol–water partition coefficient (Wildman–Crippen LogP) is 9.19. The Hall–Kier alpha value is -4.97. The average Bonchev–Trinajstić information content (AvgIpc) is 3.86. The van der Waals surface area contributed by atoms with E-state index in [0.29, 0.717) is 0 Å². The molecule has 1 aromatic heterocycles. The topological polar surface area (TPSA) is 76.6 Å². The molecular formula is C47H52N6O3S. The van der Waals surface area contributed by atoms with Crippen LogP contribution in [0.2, 0.25) is 0 Å². The maximum atomic E-state index is 11.6. The zero-order chi connectivity index (χ0) is 38.9. The first kappa shape index (κ1) is 37.6. The van der Waals surface area contributed by atoms with Crippen LogP contribution in [0.4, 0.5) is 11.4 Å². The monoisotopic (exact) mass is 780 g/mol. The number of nitrogens with zero attached hydrogens (tertiary/aromatic N) is 5. The second kappa shape index (κ2) is 16.5. The predicted molar refractivity (Wildman–Crippen MR) is 231 cm³/mol. The van der Waals surface area contributed by atoms with Crippen molar-refractivity contribution in [1.82, 2.24) is 19.8 Å². The van der Waals surface area contributed by atoms with Gasteiger partial charge in [-0.1, -0.05) is 78.9 Å². The minimum atomic E-state index is -0.364. The molecule has 5 aromatic carbocycles. The smallest absolute Gasteiger partial charge is 0.145 e. The number of hydrogen-bond donors (Lipinski definition) is 2. The third-order valence-electron chi connectivity index (χ3n) is 12.0. The van der Waals surface area contributed by atoms with E-state index in [-0.39, 0.29) is 36.2 Å². The van der Waals surface area contributed by atoms with E-state index >= 15 is 0 Å². The summed E-state index contributed by atoms with van der Waals surface area (Å²) < 4.78 is 14.0. The van der Waals surface area contributed by atoms with Gasteiger partial charge in [0.05, 0.1) is 29.1 Å². The third-order valence-corrected chi connectivity index (χ3v) is 13.1. The second-order valence-electron chi connectivity index (χ2n) is 15.8. The van der Waals surface area contributed by atoms with Gasteiger partial charge >= 0.3 is 0 Å². The molecule has 3 atom stereocenters. The lowest BCUT2D eigenvalue weighted by Gasteiger charge is -2.49. The lowest BCUT2D eigenvalue weighted by Crippen LogP contribution is -2.59. The van der Waals surface area contributed by atoms with E-state index in [4.69, 9.17) is 14.5 Å². The minimum absolute atomic E-state index is 0.102. The fourth-order valence-corrected chi connectivity index (χ4v) is 9.95. The van der Waals surface area contributed by atoms with Crippen molar-refractivity contribution in [3.63, 3.8) is 0 Å². The van der Waals surface area contributed by atoms with Crippen LogP contribution >= 0.6 is 11.3 Å². The van der Waals surface area contributed by atoms with E-state index in [9.17, 15) is 5.11 Å². The molecule has 2 N–H and O–H groups in total. The molecule has 6 aromatic rings. The van der Waals surface area contributed by atoms with E-state index in [1.807, 2.05) is 18.2 Å². The van der Waals surface area contributed by atoms with Gasteiger partial charge in [-0.15, -0.1) is 11.3 Å². The highest BCUT2D eigenvalue weighted by atomic mass is 32.1. The fourth-order valence-electron chi connectivity index (χ4n) is 8.86. The van der Waals surface area contributed by atoms with E-state index in [0.717, 1.165) is 106 Å². The van der Waals surface area contributed by atoms with Gasteiger partial charge in [0, 0.05) is 19.1 Å². The van der Waals surface area contributed by atoms with Crippen molar-refractivity contribution in [2.45, 2.75) is 56.1 Å². The first-order chi connectivity index (χ1) is 27.9. The fraction of sp³-hybridized carbons (Fsp3) is 0.340. The van der Waals surface area contributed by atoms with Crippen molar-refractivity contribution in [2.24, 2.45) is 0 Å². The number of aromatic nitrogens is 1. The maximum absolute atomic E-state index is 11.6. The van der Waals surface area contributed by atoms with Crippen LogP contribution in [0.5, 0.6) is 11.5 Å². The lowest BCUT2D eigenvalue weighted by molar-refractivity contribution is -0.0590. The van der Waals surface area contributed by atoms with Gasteiger partial charge in [0.1, 0.15) is 40.5 Å². The highest BCUT2D eigenvalue weighted by Crippen LogP contribution is 2.50. The Kier molecular flexibility index (Phi) is 10.9. The molecule has 10 heteroatoms. The SMILES string of the molecule is COc1ccc(-c2cccc(C(c3nc4ccccc4s3)N(C3CCN(C)CC3)N3c4cccc(O)c4NC3C(OC3CCN(C)CC3)c3ccccc3)c2)cc1. The molecule has 2 saturated heterocycles. The van der Waals surface area contributed by atoms with E-state index in [1.165, 1.54) is 0 Å². The van der Waals surface area contributed by atoms with Crippen molar-refractivity contribution < 1.29 is 14.6 Å². The zero-order valence-electron chi connectivity index (χ0n) is 33.0. The van der Waals surface area contributed by atoms with Crippen molar-refractivity contribution in [2.75, 3.05) is 57.7 Å². The van der Waals surface area contributed by atoms with Crippen LogP contribution < -0.4 is 15.1 Å². The van der Waals surface area contributed by atoms with Gasteiger partial charge in [-0.25, -0.2) is 9.99 Å². The quantitative estimate of drug-likeness (QED) is 0.125. The number of thiazole rings is 1. The van der Waals surface area contributed by atoms with Crippen molar-refractivity contribution in [3.05, 3.63) is 137 Å². The molecule has 9 nitrogen and oxygen atoms in total. The standard InChI is InChI=1S/C47H52N6O3S/c1-50-27-23-36(24-28-50)52(44(47-48-39-15-7-8-18-42(39)57-47)35-14-9-13-34(31-35)32-19-21-37(55-3)22-20-32)53-40-16-10-17-41(54)43(40)49-46(53)45(33-11-5-4-6-12-33)56-38-25-29-51(2)30-26-38/h4-22,31,36,38,44-46,49,54H,23-30H2,1-3H3. The first-order valence-corrected chi connectivity index (χ1v) is 21.1. The van der Waals surface area contributed by atoms with E-state index in [1.54, 1.807) is 24.5 Å². The Morgan fingerprint density at radius 1 is 0.754 bits per heavy atom. The van der Waals surface area contributed by atoms with Gasteiger partial charge in [-0.05, 0) is 118 Å². The summed E-state index contributed by atoms with van der Waals surface area (Å²) in [6.07, 6.45) is 3.27. The van der Waals surface area contributed by atoms with Crippen molar-refractivity contribution in [1.29, 1.82) is 0 Å². The number of hydrazine groups is 1. The van der Waals surface area contributed by atoms with Crippen LogP contribution in [0.15, 0.2) is 121 Å². The minimum Gasteiger partial charge on any atom is -0.506 e. The molecule has 0 amide bonds. The molecule has 3 aliphatic heterocycles. The van der Waals surface area contributed by atoms with Gasteiger partial charge < -0.3 is 29.7 Å². The van der Waals surface area contributed by atoms with Gasteiger partial charge in [-0.2, -0.15) is 0 Å². The van der Waals surface area contributed by atoms with Crippen LogP contribution in [-0.2, 0) is 4.74 Å². The number of benzene rings is 5. The summed E-state index contributed by atoms with van der Waals surface area (Å²) in [5.74, 6) is 1.06. The Morgan fingerprint density at radius 3 is 2.18 bits per heavy atom. The molecular weight excluding hydrogens is 729 g/mol. The number of ether oxygens (including phenoxy) is 2. The lowest BCUT2D eigenvalue weighted by atomic mass is 9.96. The van der Waals surface area contributed by atoms with Gasteiger partial charge in [0.2, 0.25) is 0 Å². The number of anilines is 2. The number of fused-ring (bicyclic) bond motifs is 2. The molecule has 294 valence electrons. The van der Waals surface area contributed by atoms with Crippen LogP contribution in [0.3, 0.4) is 0 Å². The number of phenols is 1. The summed E-state index contributed by atoms with van der Waals surface area (Å²) in [5.41, 5.74) is 7.17. The molecule has 9 rings (SSSR count). The first-order valence-electron chi connectivity index (χ1n) is 20.3. The Morgan fingerprint density at radius 2 is 1.44 bits per heavy atom. The molecule has 0 saturated carbocycles. The summed E-state index contributed by atoms with van der Waals surface area (Å²) in [5, 5.41) is 21.6. The summed E-state index contributed by atoms with van der Waals surface area (Å²) >= 11 is 1.77. The Balaban J connectivity index is 1.24. The largest absolute Gasteiger partial charge is 0.506 e. The molecule has 4 heterocycles. The number of methoxy groups -OCH3 is 1. The van der Waals surface area contributed by atoms with Crippen LogP contribution in [-0.4, -0.2) is 90.6 Å². The average molecular weight is 781 g/mol. The molecule has 0 aliphatic carbocycles. The number of para-hydroxylation sites is 2. The molecule has 0 bridgehead atoms. The van der Waals surface area contributed by atoms with Crippen LogP contribution in [0, 0.1) is 0 Å². The summed E-state index contributed by atoms with van der Waals surface area (Å²) in [6, 6.07) is 42.2. The van der Waals surface area contributed by atoms with Crippen LogP contribution in [0.25, 0.3) is 21.3 Å². The third kappa shape index (κ3) is 7.72. The zero-order valence-corrected chi connectivity index (χ0v) is 33.8. The molecule has 3 aliphatic rings. The normalized spacial score (nSPS) is 19.4. The number of phenolic OH excluding ortho intramolecular Hbond substituents is 1. The summed E-state index contributed by atoms with van der Waals surface area (Å²) in [6.45, 7) is 3.96. The highest BCUT2D eigenvalue weighted by Gasteiger charge is 2.47. The number of rotatable bonds is 11. The number of piperidine rings is 2. The maximum Gasteiger partial charge on any atom is 0.145 e. The van der Waals surface area contributed by atoms with E-state index in [2.05, 4.69) is 136 Å². The molecule has 2 fully saturated rings. The molecule has 57 heavy (non-hydrogen) atoms. The van der Waals surface area contributed by atoms with Crippen LogP contribution in [0.1, 0.15) is 54.0 Å². The van der Waals surface area contributed by atoms with Gasteiger partial charge in [0.15, 0.2) is 0 Å².